The number of hydrogen-bond donors (Lipinski definition) is 4. The monoisotopic (exact) mass is 525 g/mol. The quantitative estimate of drug-likeness (QED) is 0.131. The summed E-state index contributed by atoms with van der Waals surface area (Å²) in [5, 5.41) is 15.9. The van der Waals surface area contributed by atoms with E-state index in [2.05, 4.69) is 22.8 Å². The highest BCUT2D eigenvalue weighted by Crippen LogP contribution is 2.31. The van der Waals surface area contributed by atoms with Crippen LogP contribution in [0.25, 0.3) is 6.08 Å². The summed E-state index contributed by atoms with van der Waals surface area (Å²) in [6, 6.07) is 7.93. The van der Waals surface area contributed by atoms with Crippen molar-refractivity contribution in [2.45, 2.75) is 102 Å². The zero-order valence-corrected chi connectivity index (χ0v) is 22.8. The summed E-state index contributed by atoms with van der Waals surface area (Å²) in [7, 11) is 0. The minimum absolute atomic E-state index is 0.0120. The molecule has 7 nitrogen and oxygen atoms in total. The van der Waals surface area contributed by atoms with Crippen LogP contribution in [-0.4, -0.2) is 42.3 Å². The maximum absolute atomic E-state index is 13.1. The average Bonchev–Trinajstić information content (AvgIpc) is 3.46. The summed E-state index contributed by atoms with van der Waals surface area (Å²) in [6.07, 6.45) is 18.5. The number of carbonyl (C=O) groups excluding carboxylic acids is 2. The Bertz CT molecular complexity index is 900. The van der Waals surface area contributed by atoms with Crippen molar-refractivity contribution in [2.75, 3.05) is 13.1 Å². The lowest BCUT2D eigenvalue weighted by Gasteiger charge is -2.33. The topological polar surface area (TPSA) is 99.7 Å². The predicted molar refractivity (Wildman–Crippen MR) is 149 cm³/mol. The van der Waals surface area contributed by atoms with Gasteiger partial charge in [-0.2, -0.15) is 0 Å². The van der Waals surface area contributed by atoms with E-state index in [1.165, 1.54) is 69.4 Å². The Labute approximate surface area is 228 Å². The van der Waals surface area contributed by atoms with Gasteiger partial charge >= 0.3 is 5.97 Å². The Kier molecular flexibility index (Phi) is 11.7. The molecule has 0 unspecified atom stereocenters. The lowest BCUT2D eigenvalue weighted by molar-refractivity contribution is -0.153. The molecule has 0 aromatic heterocycles. The van der Waals surface area contributed by atoms with E-state index in [9.17, 15) is 9.59 Å². The molecular formula is C31H47N3O4. The Hall–Kier alpha value is -2.22. The van der Waals surface area contributed by atoms with Crippen LogP contribution in [0.15, 0.2) is 30.3 Å². The zero-order valence-electron chi connectivity index (χ0n) is 22.8. The summed E-state index contributed by atoms with van der Waals surface area (Å²) in [6.45, 7) is 2.72. The number of amides is 1. The van der Waals surface area contributed by atoms with Gasteiger partial charge in [0.15, 0.2) is 0 Å². The van der Waals surface area contributed by atoms with E-state index < -0.39 is 5.91 Å². The van der Waals surface area contributed by atoms with Crippen molar-refractivity contribution in [1.82, 2.24) is 16.1 Å². The SMILES string of the molecule is O=C(C=Cc1cccc(CNCC2CCC(CN[C@H](C(=O)OC3CCCC3)C3CCCCC3)CC2)c1)NO. The molecule has 1 aromatic rings. The Morgan fingerprint density at radius 1 is 0.921 bits per heavy atom. The molecule has 0 heterocycles. The van der Waals surface area contributed by atoms with Gasteiger partial charge in [0.05, 0.1) is 0 Å². The van der Waals surface area contributed by atoms with Gasteiger partial charge in [0, 0.05) is 12.6 Å². The summed E-state index contributed by atoms with van der Waals surface area (Å²) in [5.74, 6) is 1.23. The van der Waals surface area contributed by atoms with E-state index in [0.717, 1.165) is 50.9 Å². The second kappa shape index (κ2) is 15.4. The first-order valence-electron chi connectivity index (χ1n) is 15.0. The fraction of sp³-hybridized carbons (Fsp3) is 0.677. The molecule has 0 aliphatic heterocycles. The minimum Gasteiger partial charge on any atom is -0.461 e. The molecule has 3 saturated carbocycles. The molecular weight excluding hydrogens is 478 g/mol. The zero-order chi connectivity index (χ0) is 26.6. The average molecular weight is 526 g/mol. The van der Waals surface area contributed by atoms with Crippen molar-refractivity contribution in [3.8, 4) is 0 Å². The normalized spacial score (nSPS) is 23.9. The lowest BCUT2D eigenvalue weighted by Crippen LogP contribution is -2.47. The van der Waals surface area contributed by atoms with Crippen molar-refractivity contribution in [3.05, 3.63) is 41.5 Å². The van der Waals surface area contributed by atoms with Crippen LogP contribution in [0.5, 0.6) is 0 Å². The third-order valence-corrected chi connectivity index (χ3v) is 8.80. The minimum atomic E-state index is -0.534. The highest BCUT2D eigenvalue weighted by atomic mass is 16.5. The number of hydrogen-bond acceptors (Lipinski definition) is 6. The van der Waals surface area contributed by atoms with Crippen molar-refractivity contribution in [3.63, 3.8) is 0 Å². The molecule has 4 rings (SSSR count). The van der Waals surface area contributed by atoms with Gasteiger partial charge in [0.2, 0.25) is 0 Å². The lowest BCUT2D eigenvalue weighted by atomic mass is 9.80. The highest BCUT2D eigenvalue weighted by Gasteiger charge is 2.33. The first kappa shape index (κ1) is 28.8. The van der Waals surface area contributed by atoms with Gasteiger partial charge in [-0.05, 0) is 112 Å². The molecule has 0 saturated heterocycles. The van der Waals surface area contributed by atoms with E-state index in [1.807, 2.05) is 12.1 Å². The van der Waals surface area contributed by atoms with Crippen LogP contribution in [0.4, 0.5) is 0 Å². The van der Waals surface area contributed by atoms with Gasteiger partial charge in [-0.25, -0.2) is 5.48 Å². The molecule has 3 fully saturated rings. The third-order valence-electron chi connectivity index (χ3n) is 8.80. The standard InChI is InChI=1S/C31H47N3O4/c35-29(34-37)18-17-23-7-6-8-26(19-23)21-32-20-24-13-15-25(16-14-24)22-33-30(27-9-2-1-3-10-27)31(36)38-28-11-4-5-12-28/h6-8,17-19,24-25,27-28,30,32-33,37H,1-5,9-16,20-22H2,(H,34,35)/t24?,25?,30-/m0/s1. The van der Waals surface area contributed by atoms with E-state index in [4.69, 9.17) is 9.94 Å². The van der Waals surface area contributed by atoms with Gasteiger partial charge < -0.3 is 15.4 Å². The van der Waals surface area contributed by atoms with E-state index >= 15 is 0 Å². The van der Waals surface area contributed by atoms with Crippen LogP contribution in [0.3, 0.4) is 0 Å². The molecule has 3 aliphatic rings. The second-order valence-electron chi connectivity index (χ2n) is 11.7. The maximum Gasteiger partial charge on any atom is 0.323 e. The Morgan fingerprint density at radius 3 is 2.32 bits per heavy atom. The molecule has 38 heavy (non-hydrogen) atoms. The van der Waals surface area contributed by atoms with Crippen LogP contribution < -0.4 is 16.1 Å². The van der Waals surface area contributed by atoms with Gasteiger partial charge in [0.1, 0.15) is 12.1 Å². The molecule has 0 spiro atoms. The molecule has 7 heteroatoms. The number of carbonyl (C=O) groups is 2. The first-order chi connectivity index (χ1) is 18.6. The number of hydroxylamine groups is 1. The smallest absolute Gasteiger partial charge is 0.323 e. The highest BCUT2D eigenvalue weighted by molar-refractivity contribution is 5.90. The molecule has 1 amide bonds. The van der Waals surface area contributed by atoms with Gasteiger partial charge in [-0.1, -0.05) is 43.5 Å². The largest absolute Gasteiger partial charge is 0.461 e. The van der Waals surface area contributed by atoms with Crippen LogP contribution in [0, 0.1) is 17.8 Å². The van der Waals surface area contributed by atoms with E-state index in [-0.39, 0.29) is 18.1 Å². The predicted octanol–water partition coefficient (Wildman–Crippen LogP) is 5.13. The summed E-state index contributed by atoms with van der Waals surface area (Å²) in [4.78, 5) is 24.3. The van der Waals surface area contributed by atoms with Crippen molar-refractivity contribution in [1.29, 1.82) is 0 Å². The van der Waals surface area contributed by atoms with Crippen molar-refractivity contribution in [2.24, 2.45) is 17.8 Å². The van der Waals surface area contributed by atoms with Gasteiger partial charge in [-0.3, -0.25) is 14.8 Å². The number of nitrogens with one attached hydrogen (secondary N) is 3. The van der Waals surface area contributed by atoms with E-state index in [1.54, 1.807) is 11.6 Å². The second-order valence-corrected chi connectivity index (χ2v) is 11.7. The van der Waals surface area contributed by atoms with Crippen LogP contribution >= 0.6 is 0 Å². The molecule has 1 atom stereocenters. The Morgan fingerprint density at radius 2 is 1.61 bits per heavy atom. The summed E-state index contributed by atoms with van der Waals surface area (Å²) >= 11 is 0. The van der Waals surface area contributed by atoms with Crippen LogP contribution in [0.2, 0.25) is 0 Å². The number of ether oxygens (including phenoxy) is 1. The molecule has 210 valence electrons. The first-order valence-corrected chi connectivity index (χ1v) is 15.0. The number of esters is 1. The van der Waals surface area contributed by atoms with Gasteiger partial charge in [-0.15, -0.1) is 0 Å². The maximum atomic E-state index is 13.1. The third kappa shape index (κ3) is 9.21. The van der Waals surface area contributed by atoms with E-state index in [0.29, 0.717) is 17.8 Å². The molecule has 0 bridgehead atoms. The fourth-order valence-electron chi connectivity index (χ4n) is 6.52. The summed E-state index contributed by atoms with van der Waals surface area (Å²) in [5.41, 5.74) is 3.71. The molecule has 4 N–H and O–H groups in total. The molecule has 3 aliphatic carbocycles. The Balaban J connectivity index is 1.17. The number of benzene rings is 1. The van der Waals surface area contributed by atoms with Crippen LogP contribution in [-0.2, 0) is 20.9 Å². The molecule has 1 aromatic carbocycles. The fourth-order valence-corrected chi connectivity index (χ4v) is 6.52. The van der Waals surface area contributed by atoms with Gasteiger partial charge in [0.25, 0.3) is 5.91 Å². The number of rotatable bonds is 12. The van der Waals surface area contributed by atoms with Crippen molar-refractivity contribution >= 4 is 18.0 Å². The van der Waals surface area contributed by atoms with Crippen molar-refractivity contribution < 1.29 is 19.5 Å². The van der Waals surface area contributed by atoms with Crippen LogP contribution in [0.1, 0.15) is 94.6 Å². The molecule has 0 radical (unpaired) electrons. The summed E-state index contributed by atoms with van der Waals surface area (Å²) < 4.78 is 5.96.